The van der Waals surface area contributed by atoms with Gasteiger partial charge in [-0.25, -0.2) is 17.2 Å². The van der Waals surface area contributed by atoms with E-state index in [0.717, 1.165) is 13.0 Å². The highest BCUT2D eigenvalue weighted by Crippen LogP contribution is 2.31. The number of nitro groups is 1. The maximum atomic E-state index is 12.6. The molecule has 6 nitrogen and oxygen atoms in total. The van der Waals surface area contributed by atoms with Crippen molar-refractivity contribution < 1.29 is 22.1 Å². The fraction of sp³-hybridized carbons (Fsp3) is 0.286. The summed E-state index contributed by atoms with van der Waals surface area (Å²) < 4.78 is 47.3. The minimum atomic E-state index is -4.44. The molecule has 0 spiro atoms. The minimum Gasteiger partial charge on any atom is -0.358 e. The molecule has 0 atom stereocenters. The van der Waals surface area contributed by atoms with Gasteiger partial charge in [0, 0.05) is 16.7 Å². The van der Waals surface area contributed by atoms with Crippen LogP contribution in [0.1, 0.15) is 17.7 Å². The van der Waals surface area contributed by atoms with Gasteiger partial charge in [-0.1, -0.05) is 0 Å². The van der Waals surface area contributed by atoms with Crippen LogP contribution >= 0.6 is 10.7 Å². The summed E-state index contributed by atoms with van der Waals surface area (Å²) in [6, 6.07) is 0.765. The molecule has 10 heteroatoms. The van der Waals surface area contributed by atoms with E-state index in [4.69, 9.17) is 10.7 Å². The number of nitrogens with zero attached hydrogens (tertiary/aromatic N) is 2. The summed E-state index contributed by atoms with van der Waals surface area (Å²) in [6.07, 6.45) is -3.28. The van der Waals surface area contributed by atoms with Crippen molar-refractivity contribution in [3.8, 4) is 0 Å². The number of rotatable bonds is 3. The van der Waals surface area contributed by atoms with Gasteiger partial charge >= 0.3 is 12.2 Å². The van der Waals surface area contributed by atoms with Gasteiger partial charge in [0.2, 0.25) is 5.69 Å². The average Bonchev–Trinajstić information content (AvgIpc) is 2.13. The molecule has 1 heterocycles. The lowest BCUT2D eigenvalue weighted by Crippen LogP contribution is -2.07. The standard InChI is InChI=1S/C7H5ClF2N2O4S/c1-3-2-4(12(13)14)11-5(7(9)10)6(3)17(8,15)16/h2,7H,1H3. The van der Waals surface area contributed by atoms with Crippen LogP contribution in [0.25, 0.3) is 0 Å². The smallest absolute Gasteiger partial charge is 0.358 e. The molecule has 0 radical (unpaired) electrons. The third-order valence-corrected chi connectivity index (χ3v) is 3.29. The molecule has 0 aromatic carbocycles. The summed E-state index contributed by atoms with van der Waals surface area (Å²) in [5, 5.41) is 10.4. The lowest BCUT2D eigenvalue weighted by atomic mass is 10.2. The Labute approximate surface area is 98.8 Å². The van der Waals surface area contributed by atoms with Gasteiger partial charge in [0.1, 0.15) is 4.90 Å². The van der Waals surface area contributed by atoms with Crippen LogP contribution in [-0.2, 0) is 9.05 Å². The fourth-order valence-corrected chi connectivity index (χ4v) is 2.66. The number of alkyl halides is 2. The van der Waals surface area contributed by atoms with E-state index in [1.54, 1.807) is 0 Å². The summed E-state index contributed by atoms with van der Waals surface area (Å²) in [5.74, 6) is -0.859. The summed E-state index contributed by atoms with van der Waals surface area (Å²) >= 11 is 0. The molecule has 0 saturated heterocycles. The predicted molar refractivity (Wildman–Crippen MR) is 53.6 cm³/mol. The van der Waals surface area contributed by atoms with Crippen LogP contribution < -0.4 is 0 Å². The van der Waals surface area contributed by atoms with E-state index in [-0.39, 0.29) is 5.56 Å². The molecule has 1 aromatic heterocycles. The van der Waals surface area contributed by atoms with E-state index in [0.29, 0.717) is 0 Å². The van der Waals surface area contributed by atoms with Gasteiger partial charge in [0.25, 0.3) is 9.05 Å². The second kappa shape index (κ2) is 4.49. The Hall–Kier alpha value is -1.35. The highest BCUT2D eigenvalue weighted by atomic mass is 35.7. The van der Waals surface area contributed by atoms with Gasteiger partial charge in [-0.05, 0) is 22.4 Å². The van der Waals surface area contributed by atoms with Gasteiger partial charge in [0.15, 0.2) is 0 Å². The maximum absolute atomic E-state index is 12.6. The van der Waals surface area contributed by atoms with E-state index < -0.39 is 36.8 Å². The van der Waals surface area contributed by atoms with Gasteiger partial charge in [-0.3, -0.25) is 0 Å². The predicted octanol–water partition coefficient (Wildman–Crippen LogP) is 2.16. The molecular weight excluding hydrogens is 282 g/mol. The largest absolute Gasteiger partial charge is 0.364 e. The third kappa shape index (κ3) is 2.86. The Morgan fingerprint density at radius 3 is 2.41 bits per heavy atom. The molecule has 94 valence electrons. The van der Waals surface area contributed by atoms with Crippen molar-refractivity contribution in [2.45, 2.75) is 18.2 Å². The summed E-state index contributed by atoms with van der Waals surface area (Å²) in [6.45, 7) is 1.12. The van der Waals surface area contributed by atoms with Gasteiger partial charge in [-0.2, -0.15) is 0 Å². The zero-order valence-electron chi connectivity index (χ0n) is 8.22. The van der Waals surface area contributed by atoms with Crippen molar-refractivity contribution in [3.63, 3.8) is 0 Å². The molecule has 0 bridgehead atoms. The summed E-state index contributed by atoms with van der Waals surface area (Å²) in [5.41, 5.74) is -1.47. The third-order valence-electron chi connectivity index (χ3n) is 1.81. The van der Waals surface area contributed by atoms with E-state index in [9.17, 15) is 27.3 Å². The molecule has 0 aliphatic heterocycles. The number of hydrogen-bond acceptors (Lipinski definition) is 5. The van der Waals surface area contributed by atoms with Crippen LogP contribution in [-0.4, -0.2) is 18.3 Å². The monoisotopic (exact) mass is 286 g/mol. The molecule has 0 fully saturated rings. The first-order chi connectivity index (χ1) is 7.64. The summed E-state index contributed by atoms with van der Waals surface area (Å²) in [4.78, 5) is 11.5. The molecule has 0 saturated carbocycles. The lowest BCUT2D eigenvalue weighted by molar-refractivity contribution is -0.389. The van der Waals surface area contributed by atoms with E-state index in [1.165, 1.54) is 0 Å². The van der Waals surface area contributed by atoms with Gasteiger partial charge < -0.3 is 10.1 Å². The molecule has 0 aliphatic rings. The van der Waals surface area contributed by atoms with Crippen LogP contribution in [0.2, 0.25) is 0 Å². The van der Waals surface area contributed by atoms with Crippen LogP contribution in [0.5, 0.6) is 0 Å². The van der Waals surface area contributed by atoms with Crippen molar-refractivity contribution in [1.82, 2.24) is 4.98 Å². The summed E-state index contributed by atoms with van der Waals surface area (Å²) in [7, 11) is 0.530. The number of pyridine rings is 1. The van der Waals surface area contributed by atoms with Gasteiger partial charge in [-0.15, -0.1) is 0 Å². The normalized spacial score (nSPS) is 11.8. The quantitative estimate of drug-likeness (QED) is 0.482. The number of halogens is 3. The molecule has 0 N–H and O–H groups in total. The van der Waals surface area contributed by atoms with Crippen LogP contribution in [0.3, 0.4) is 0 Å². The Morgan fingerprint density at radius 2 is 2.06 bits per heavy atom. The first kappa shape index (κ1) is 13.7. The molecule has 1 aromatic rings. The first-order valence-corrected chi connectivity index (χ1v) is 6.34. The average molecular weight is 287 g/mol. The van der Waals surface area contributed by atoms with Crippen molar-refractivity contribution in [1.29, 1.82) is 0 Å². The van der Waals surface area contributed by atoms with E-state index in [1.807, 2.05) is 0 Å². The first-order valence-electron chi connectivity index (χ1n) is 4.03. The highest BCUT2D eigenvalue weighted by Gasteiger charge is 2.32. The molecule has 1 rings (SSSR count). The number of aryl methyl sites for hydroxylation is 1. The second-order valence-electron chi connectivity index (χ2n) is 3.01. The molecule has 17 heavy (non-hydrogen) atoms. The topological polar surface area (TPSA) is 90.2 Å². The Bertz CT molecular complexity index is 575. The Balaban J connectivity index is 3.67. The van der Waals surface area contributed by atoms with Crippen LogP contribution in [0.4, 0.5) is 14.6 Å². The Kier molecular flexibility index (Phi) is 3.62. The van der Waals surface area contributed by atoms with Crippen LogP contribution in [0.15, 0.2) is 11.0 Å². The molecular formula is C7H5ClF2N2O4S. The molecule has 0 unspecified atom stereocenters. The van der Waals surface area contributed by atoms with Crippen molar-refractivity contribution in [2.75, 3.05) is 0 Å². The van der Waals surface area contributed by atoms with Crippen molar-refractivity contribution in [3.05, 3.63) is 27.4 Å². The van der Waals surface area contributed by atoms with Crippen molar-refractivity contribution in [2.24, 2.45) is 0 Å². The Morgan fingerprint density at radius 1 is 1.53 bits per heavy atom. The highest BCUT2D eigenvalue weighted by molar-refractivity contribution is 8.13. The number of hydrogen-bond donors (Lipinski definition) is 0. The molecule has 0 aliphatic carbocycles. The van der Waals surface area contributed by atoms with E-state index in [2.05, 4.69) is 4.98 Å². The lowest BCUT2D eigenvalue weighted by Gasteiger charge is -2.05. The minimum absolute atomic E-state index is 0.253. The fourth-order valence-electron chi connectivity index (χ4n) is 1.23. The van der Waals surface area contributed by atoms with Gasteiger partial charge in [0.05, 0.1) is 0 Å². The number of aromatic nitrogens is 1. The zero-order chi connectivity index (χ0) is 13.4. The zero-order valence-corrected chi connectivity index (χ0v) is 9.80. The maximum Gasteiger partial charge on any atom is 0.364 e. The SMILES string of the molecule is Cc1cc([N+](=O)[O-])nc(C(F)F)c1S(=O)(=O)Cl. The van der Waals surface area contributed by atoms with Crippen LogP contribution in [0, 0.1) is 17.0 Å². The van der Waals surface area contributed by atoms with Crippen molar-refractivity contribution >= 4 is 25.6 Å². The van der Waals surface area contributed by atoms with E-state index >= 15 is 0 Å². The molecule has 0 amide bonds. The second-order valence-corrected chi connectivity index (χ2v) is 5.51.